The lowest BCUT2D eigenvalue weighted by atomic mass is 10.2. The molecule has 0 spiro atoms. The lowest BCUT2D eigenvalue weighted by molar-refractivity contribution is 0.0950. The smallest absolute Gasteiger partial charge is 0.251 e. The zero-order valence-electron chi connectivity index (χ0n) is 8.31. The molecule has 0 fully saturated rings. The van der Waals surface area contributed by atoms with Gasteiger partial charge in [-0.25, -0.2) is 9.37 Å². The second kappa shape index (κ2) is 4.57. The average molecular weight is 220 g/mol. The third kappa shape index (κ3) is 2.44. The van der Waals surface area contributed by atoms with Gasteiger partial charge in [0.25, 0.3) is 5.91 Å². The van der Waals surface area contributed by atoms with Crippen LogP contribution in [0, 0.1) is 5.82 Å². The Morgan fingerprint density at radius 1 is 1.38 bits per heavy atom. The summed E-state index contributed by atoms with van der Waals surface area (Å²) in [6, 6.07) is 5.33. The van der Waals surface area contributed by atoms with Crippen LogP contribution in [0.1, 0.15) is 16.1 Å². The van der Waals surface area contributed by atoms with Crippen LogP contribution in [0.2, 0.25) is 0 Å². The highest BCUT2D eigenvalue weighted by Crippen LogP contribution is 2.03. The standard InChI is InChI=1S/C11H9FN2O2/c12-9-3-1-8(2-4-9)11(15)13-5-10-6-16-7-14-10/h1-4,6-7H,5H2,(H,13,15). The number of benzene rings is 1. The summed E-state index contributed by atoms with van der Waals surface area (Å²) in [5, 5.41) is 2.64. The van der Waals surface area contributed by atoms with Gasteiger partial charge in [-0.05, 0) is 24.3 Å². The highest BCUT2D eigenvalue weighted by atomic mass is 19.1. The highest BCUT2D eigenvalue weighted by molar-refractivity contribution is 5.94. The molecule has 4 nitrogen and oxygen atoms in total. The molecule has 1 aromatic heterocycles. The summed E-state index contributed by atoms with van der Waals surface area (Å²) < 4.78 is 17.4. The second-order valence-corrected chi connectivity index (χ2v) is 3.17. The van der Waals surface area contributed by atoms with Crippen LogP contribution >= 0.6 is 0 Å². The van der Waals surface area contributed by atoms with Gasteiger partial charge in [-0.2, -0.15) is 0 Å². The maximum absolute atomic E-state index is 12.6. The first kappa shape index (κ1) is 10.4. The Hall–Kier alpha value is -2.17. The van der Waals surface area contributed by atoms with Crippen molar-refractivity contribution in [3.05, 3.63) is 54.0 Å². The molecule has 0 unspecified atom stereocenters. The normalized spacial score (nSPS) is 10.1. The molecule has 16 heavy (non-hydrogen) atoms. The number of nitrogens with one attached hydrogen (secondary N) is 1. The largest absolute Gasteiger partial charge is 0.451 e. The molecule has 1 amide bonds. The van der Waals surface area contributed by atoms with Gasteiger partial charge in [-0.1, -0.05) is 0 Å². The summed E-state index contributed by atoms with van der Waals surface area (Å²) in [4.78, 5) is 15.4. The molecule has 1 heterocycles. The van der Waals surface area contributed by atoms with Crippen LogP contribution in [0.4, 0.5) is 4.39 Å². The minimum absolute atomic E-state index is 0.275. The minimum Gasteiger partial charge on any atom is -0.451 e. The van der Waals surface area contributed by atoms with Gasteiger partial charge >= 0.3 is 0 Å². The van der Waals surface area contributed by atoms with Gasteiger partial charge in [0.1, 0.15) is 12.1 Å². The lowest BCUT2D eigenvalue weighted by Gasteiger charge is -2.02. The molecule has 0 saturated carbocycles. The van der Waals surface area contributed by atoms with Crippen molar-refractivity contribution in [2.75, 3.05) is 0 Å². The van der Waals surface area contributed by atoms with E-state index in [9.17, 15) is 9.18 Å². The summed E-state index contributed by atoms with van der Waals surface area (Å²) in [5.74, 6) is -0.643. The molecule has 0 atom stereocenters. The number of hydrogen-bond donors (Lipinski definition) is 1. The second-order valence-electron chi connectivity index (χ2n) is 3.17. The van der Waals surface area contributed by atoms with Crippen LogP contribution in [0.25, 0.3) is 0 Å². The topological polar surface area (TPSA) is 55.1 Å². The molecule has 5 heteroatoms. The molecule has 0 bridgehead atoms. The maximum Gasteiger partial charge on any atom is 0.251 e. The van der Waals surface area contributed by atoms with Crippen LogP contribution in [0.5, 0.6) is 0 Å². The molecule has 2 aromatic rings. The fourth-order valence-electron chi connectivity index (χ4n) is 1.20. The first-order chi connectivity index (χ1) is 7.75. The van der Waals surface area contributed by atoms with Crippen LogP contribution in [-0.2, 0) is 6.54 Å². The fraction of sp³-hybridized carbons (Fsp3) is 0.0909. The monoisotopic (exact) mass is 220 g/mol. The van der Waals surface area contributed by atoms with E-state index in [2.05, 4.69) is 10.3 Å². The Labute approximate surface area is 91.1 Å². The number of oxazole rings is 1. The van der Waals surface area contributed by atoms with Crippen molar-refractivity contribution in [3.8, 4) is 0 Å². The molecule has 0 aliphatic heterocycles. The molecule has 2 rings (SSSR count). The predicted molar refractivity (Wildman–Crippen MR) is 54.1 cm³/mol. The average Bonchev–Trinajstić information content (AvgIpc) is 2.80. The van der Waals surface area contributed by atoms with Gasteiger partial charge in [0.05, 0.1) is 12.2 Å². The number of amides is 1. The van der Waals surface area contributed by atoms with Crippen molar-refractivity contribution in [3.63, 3.8) is 0 Å². The summed E-state index contributed by atoms with van der Waals surface area (Å²) >= 11 is 0. The van der Waals surface area contributed by atoms with E-state index < -0.39 is 0 Å². The number of rotatable bonds is 3. The van der Waals surface area contributed by atoms with Gasteiger partial charge in [0, 0.05) is 5.56 Å². The van der Waals surface area contributed by atoms with Gasteiger partial charge in [0.15, 0.2) is 6.39 Å². The Morgan fingerprint density at radius 3 is 2.75 bits per heavy atom. The zero-order chi connectivity index (χ0) is 11.4. The summed E-state index contributed by atoms with van der Waals surface area (Å²) in [7, 11) is 0. The van der Waals surface area contributed by atoms with Crippen LogP contribution in [0.15, 0.2) is 41.3 Å². The van der Waals surface area contributed by atoms with E-state index in [0.717, 1.165) is 0 Å². The van der Waals surface area contributed by atoms with Crippen molar-refractivity contribution >= 4 is 5.91 Å². The highest BCUT2D eigenvalue weighted by Gasteiger charge is 2.05. The summed E-state index contributed by atoms with van der Waals surface area (Å²) in [6.07, 6.45) is 2.74. The number of aromatic nitrogens is 1. The van der Waals surface area contributed by atoms with Crippen LogP contribution in [0.3, 0.4) is 0 Å². The molecule has 0 radical (unpaired) electrons. The van der Waals surface area contributed by atoms with E-state index in [1.54, 1.807) is 0 Å². The van der Waals surface area contributed by atoms with Gasteiger partial charge in [0.2, 0.25) is 0 Å². The number of carbonyl (C=O) groups excluding carboxylic acids is 1. The molecule has 82 valence electrons. The van der Waals surface area contributed by atoms with E-state index in [4.69, 9.17) is 4.42 Å². The molecule has 1 aromatic carbocycles. The third-order valence-electron chi connectivity index (χ3n) is 2.02. The van der Waals surface area contributed by atoms with Crippen molar-refractivity contribution < 1.29 is 13.6 Å². The molecular weight excluding hydrogens is 211 g/mol. The quantitative estimate of drug-likeness (QED) is 0.857. The van der Waals surface area contributed by atoms with Crippen LogP contribution < -0.4 is 5.32 Å². The number of halogens is 1. The van der Waals surface area contributed by atoms with E-state index in [0.29, 0.717) is 11.3 Å². The molecule has 0 saturated heterocycles. The Bertz CT molecular complexity index is 465. The van der Waals surface area contributed by atoms with Crippen molar-refractivity contribution in [1.82, 2.24) is 10.3 Å². The van der Waals surface area contributed by atoms with E-state index in [1.165, 1.54) is 36.9 Å². The summed E-state index contributed by atoms with van der Waals surface area (Å²) in [5.41, 5.74) is 1.04. The molecule has 1 N–H and O–H groups in total. The van der Waals surface area contributed by atoms with Crippen molar-refractivity contribution in [2.45, 2.75) is 6.54 Å². The third-order valence-corrected chi connectivity index (χ3v) is 2.02. The molecular formula is C11H9FN2O2. The van der Waals surface area contributed by atoms with Crippen molar-refractivity contribution in [1.29, 1.82) is 0 Å². The van der Waals surface area contributed by atoms with Gasteiger partial charge in [-0.3, -0.25) is 4.79 Å². The fourth-order valence-corrected chi connectivity index (χ4v) is 1.20. The molecule has 0 aliphatic rings. The van der Waals surface area contributed by atoms with E-state index in [-0.39, 0.29) is 18.3 Å². The number of carbonyl (C=O) groups is 1. The van der Waals surface area contributed by atoms with E-state index in [1.807, 2.05) is 0 Å². The Balaban J connectivity index is 1.95. The zero-order valence-corrected chi connectivity index (χ0v) is 8.31. The van der Waals surface area contributed by atoms with E-state index >= 15 is 0 Å². The number of nitrogens with zero attached hydrogens (tertiary/aromatic N) is 1. The maximum atomic E-state index is 12.6. The molecule has 0 aliphatic carbocycles. The lowest BCUT2D eigenvalue weighted by Crippen LogP contribution is -2.22. The minimum atomic E-state index is -0.368. The van der Waals surface area contributed by atoms with Gasteiger partial charge in [-0.15, -0.1) is 0 Å². The Kier molecular flexibility index (Phi) is 2.95. The first-order valence-corrected chi connectivity index (χ1v) is 4.66. The summed E-state index contributed by atoms with van der Waals surface area (Å²) in [6.45, 7) is 0.284. The number of hydrogen-bond acceptors (Lipinski definition) is 3. The first-order valence-electron chi connectivity index (χ1n) is 4.66. The SMILES string of the molecule is O=C(NCc1cocn1)c1ccc(F)cc1. The predicted octanol–water partition coefficient (Wildman–Crippen LogP) is 1.74. The van der Waals surface area contributed by atoms with Crippen molar-refractivity contribution in [2.24, 2.45) is 0 Å². The van der Waals surface area contributed by atoms with Crippen LogP contribution in [-0.4, -0.2) is 10.9 Å². The van der Waals surface area contributed by atoms with Gasteiger partial charge < -0.3 is 9.73 Å². The Morgan fingerprint density at radius 2 is 2.12 bits per heavy atom.